The molecule has 0 unspecified atom stereocenters. The first-order chi connectivity index (χ1) is 9.94. The molecule has 118 valence electrons. The predicted molar refractivity (Wildman–Crippen MR) is 90.1 cm³/mol. The van der Waals surface area contributed by atoms with E-state index in [0.717, 1.165) is 35.9 Å². The van der Waals surface area contributed by atoms with Crippen molar-refractivity contribution in [3.63, 3.8) is 0 Å². The molecule has 1 aliphatic rings. The van der Waals surface area contributed by atoms with Gasteiger partial charge in [0.1, 0.15) is 0 Å². The van der Waals surface area contributed by atoms with E-state index in [1.165, 1.54) is 12.8 Å². The van der Waals surface area contributed by atoms with Crippen LogP contribution in [0.15, 0.2) is 11.4 Å². The van der Waals surface area contributed by atoms with Gasteiger partial charge in [-0.15, -0.1) is 11.3 Å². The minimum absolute atomic E-state index is 0.0218. The van der Waals surface area contributed by atoms with Crippen LogP contribution in [0.25, 0.3) is 0 Å². The van der Waals surface area contributed by atoms with Crippen LogP contribution in [-0.4, -0.2) is 36.0 Å². The maximum atomic E-state index is 12.4. The summed E-state index contributed by atoms with van der Waals surface area (Å²) in [6.45, 7) is 11.9. The van der Waals surface area contributed by atoms with Crippen molar-refractivity contribution in [3.8, 4) is 0 Å². The topological polar surface area (TPSA) is 32.3 Å². The van der Waals surface area contributed by atoms with Crippen molar-refractivity contribution in [1.82, 2.24) is 10.2 Å². The lowest BCUT2D eigenvalue weighted by Crippen LogP contribution is -2.54. The molecule has 0 radical (unpaired) electrons. The highest BCUT2D eigenvalue weighted by Gasteiger charge is 2.30. The SMILES string of the molecule is CCc1ccsc1C(=O)NCC(C)(C)N1CCC[C@@H](C)C1. The fourth-order valence-corrected chi connectivity index (χ4v) is 3.95. The largest absolute Gasteiger partial charge is 0.349 e. The summed E-state index contributed by atoms with van der Waals surface area (Å²) in [5.74, 6) is 0.845. The number of rotatable bonds is 5. The number of likely N-dealkylation sites (tertiary alicyclic amines) is 1. The fraction of sp³-hybridized carbons (Fsp3) is 0.706. The van der Waals surface area contributed by atoms with Gasteiger partial charge in [0, 0.05) is 18.6 Å². The first kappa shape index (κ1) is 16.5. The van der Waals surface area contributed by atoms with E-state index < -0.39 is 0 Å². The Morgan fingerprint density at radius 1 is 1.52 bits per heavy atom. The Morgan fingerprint density at radius 3 is 2.95 bits per heavy atom. The maximum absolute atomic E-state index is 12.4. The minimum atomic E-state index is 0.0218. The van der Waals surface area contributed by atoms with Gasteiger partial charge in [0.15, 0.2) is 0 Å². The van der Waals surface area contributed by atoms with Crippen LogP contribution in [-0.2, 0) is 6.42 Å². The predicted octanol–water partition coefficient (Wildman–Crippen LogP) is 3.55. The number of carbonyl (C=O) groups is 1. The summed E-state index contributed by atoms with van der Waals surface area (Å²) in [5.41, 5.74) is 1.18. The third-order valence-corrected chi connectivity index (χ3v) is 5.48. The van der Waals surface area contributed by atoms with Crippen molar-refractivity contribution in [2.45, 2.75) is 52.5 Å². The van der Waals surface area contributed by atoms with Crippen molar-refractivity contribution >= 4 is 17.2 Å². The van der Waals surface area contributed by atoms with Gasteiger partial charge in [0.25, 0.3) is 5.91 Å². The molecule has 1 fully saturated rings. The summed E-state index contributed by atoms with van der Waals surface area (Å²) in [4.78, 5) is 15.8. The molecule has 2 rings (SSSR count). The second-order valence-electron chi connectivity index (χ2n) is 6.82. The van der Waals surface area contributed by atoms with Crippen LogP contribution in [0.5, 0.6) is 0 Å². The van der Waals surface area contributed by atoms with Gasteiger partial charge < -0.3 is 5.32 Å². The molecule has 1 saturated heterocycles. The van der Waals surface area contributed by atoms with Gasteiger partial charge in [-0.05, 0) is 62.6 Å². The fourth-order valence-electron chi connectivity index (χ4n) is 3.04. The Bertz CT molecular complexity index is 481. The molecular formula is C17H28N2OS. The summed E-state index contributed by atoms with van der Waals surface area (Å²) in [6.07, 6.45) is 3.51. The van der Waals surface area contributed by atoms with Gasteiger partial charge in [-0.2, -0.15) is 0 Å². The number of amides is 1. The second kappa shape index (κ2) is 6.93. The summed E-state index contributed by atoms with van der Waals surface area (Å²) in [5, 5.41) is 5.15. The van der Waals surface area contributed by atoms with Crippen LogP contribution in [0.1, 0.15) is 55.8 Å². The zero-order chi connectivity index (χ0) is 15.5. The number of carbonyl (C=O) groups excluding carboxylic acids is 1. The van der Waals surface area contributed by atoms with E-state index >= 15 is 0 Å². The third-order valence-electron chi connectivity index (χ3n) is 4.53. The molecule has 4 heteroatoms. The quantitative estimate of drug-likeness (QED) is 0.902. The average Bonchev–Trinajstić information content (AvgIpc) is 2.93. The van der Waals surface area contributed by atoms with Gasteiger partial charge in [0.2, 0.25) is 0 Å². The number of piperidine rings is 1. The summed E-state index contributed by atoms with van der Waals surface area (Å²) in [6, 6.07) is 2.05. The second-order valence-corrected chi connectivity index (χ2v) is 7.73. The Hall–Kier alpha value is -0.870. The molecule has 1 amide bonds. The lowest BCUT2D eigenvalue weighted by Gasteiger charge is -2.43. The summed E-state index contributed by atoms with van der Waals surface area (Å²) < 4.78 is 0. The van der Waals surface area contributed by atoms with E-state index in [2.05, 4.69) is 44.0 Å². The molecule has 1 aromatic rings. The van der Waals surface area contributed by atoms with Crippen LogP contribution >= 0.6 is 11.3 Å². The van der Waals surface area contributed by atoms with Gasteiger partial charge >= 0.3 is 0 Å². The van der Waals surface area contributed by atoms with Gasteiger partial charge in [-0.25, -0.2) is 0 Å². The zero-order valence-corrected chi connectivity index (χ0v) is 14.6. The Kier molecular flexibility index (Phi) is 5.44. The van der Waals surface area contributed by atoms with E-state index in [-0.39, 0.29) is 11.4 Å². The number of thiophene rings is 1. The van der Waals surface area contributed by atoms with Gasteiger partial charge in [0.05, 0.1) is 4.88 Å². The number of hydrogen-bond donors (Lipinski definition) is 1. The standard InChI is InChI=1S/C17H28N2OS/c1-5-14-8-10-21-15(14)16(20)18-12-17(3,4)19-9-6-7-13(2)11-19/h8,10,13H,5-7,9,11-12H2,1-4H3,(H,18,20)/t13-/m1/s1. The highest BCUT2D eigenvalue weighted by molar-refractivity contribution is 7.12. The number of nitrogens with one attached hydrogen (secondary N) is 1. The normalized spacial score (nSPS) is 20.5. The Morgan fingerprint density at radius 2 is 2.29 bits per heavy atom. The molecule has 0 bridgehead atoms. The van der Waals surface area contributed by atoms with E-state index in [9.17, 15) is 4.79 Å². The van der Waals surface area contributed by atoms with Crippen LogP contribution in [0, 0.1) is 5.92 Å². The van der Waals surface area contributed by atoms with Crippen molar-refractivity contribution in [2.75, 3.05) is 19.6 Å². The Balaban J connectivity index is 1.93. The van der Waals surface area contributed by atoms with Crippen LogP contribution in [0.4, 0.5) is 0 Å². The smallest absolute Gasteiger partial charge is 0.261 e. The molecule has 0 aromatic carbocycles. The molecule has 0 aliphatic carbocycles. The average molecular weight is 308 g/mol. The van der Waals surface area contributed by atoms with Crippen LogP contribution in [0.3, 0.4) is 0 Å². The lowest BCUT2D eigenvalue weighted by molar-refractivity contribution is 0.0658. The van der Waals surface area contributed by atoms with E-state index in [4.69, 9.17) is 0 Å². The first-order valence-corrected chi connectivity index (χ1v) is 8.91. The molecule has 1 aromatic heterocycles. The van der Waals surface area contributed by atoms with Crippen molar-refractivity contribution in [3.05, 3.63) is 21.9 Å². The molecule has 21 heavy (non-hydrogen) atoms. The molecule has 2 heterocycles. The minimum Gasteiger partial charge on any atom is -0.349 e. The molecule has 0 spiro atoms. The van der Waals surface area contributed by atoms with Gasteiger partial charge in [-0.3, -0.25) is 9.69 Å². The molecule has 1 atom stereocenters. The summed E-state index contributed by atoms with van der Waals surface area (Å²) in [7, 11) is 0. The highest BCUT2D eigenvalue weighted by atomic mass is 32.1. The number of aryl methyl sites for hydroxylation is 1. The van der Waals surface area contributed by atoms with Crippen LogP contribution in [0.2, 0.25) is 0 Å². The van der Waals surface area contributed by atoms with Crippen LogP contribution < -0.4 is 5.32 Å². The van der Waals surface area contributed by atoms with E-state index in [1.54, 1.807) is 11.3 Å². The molecule has 1 N–H and O–H groups in total. The van der Waals surface area contributed by atoms with E-state index in [0.29, 0.717) is 6.54 Å². The van der Waals surface area contributed by atoms with Crippen molar-refractivity contribution in [1.29, 1.82) is 0 Å². The van der Waals surface area contributed by atoms with Crippen molar-refractivity contribution < 1.29 is 4.79 Å². The monoisotopic (exact) mass is 308 g/mol. The lowest BCUT2D eigenvalue weighted by atomic mass is 9.93. The Labute approximate surface area is 132 Å². The third kappa shape index (κ3) is 4.07. The first-order valence-electron chi connectivity index (χ1n) is 8.03. The number of nitrogens with zero attached hydrogens (tertiary/aromatic N) is 1. The maximum Gasteiger partial charge on any atom is 0.261 e. The molecule has 0 saturated carbocycles. The highest BCUT2D eigenvalue weighted by Crippen LogP contribution is 2.24. The van der Waals surface area contributed by atoms with Crippen molar-refractivity contribution in [2.24, 2.45) is 5.92 Å². The summed E-state index contributed by atoms with van der Waals surface area (Å²) >= 11 is 1.54. The molecule has 3 nitrogen and oxygen atoms in total. The molecular weight excluding hydrogens is 280 g/mol. The van der Waals surface area contributed by atoms with Gasteiger partial charge in [-0.1, -0.05) is 13.8 Å². The van der Waals surface area contributed by atoms with E-state index in [1.807, 2.05) is 5.38 Å². The number of hydrogen-bond acceptors (Lipinski definition) is 3. The zero-order valence-electron chi connectivity index (χ0n) is 13.7. The molecule has 1 aliphatic heterocycles.